The lowest BCUT2D eigenvalue weighted by Gasteiger charge is -2.13. The van der Waals surface area contributed by atoms with E-state index in [1.807, 2.05) is 30.5 Å². The highest BCUT2D eigenvalue weighted by Gasteiger charge is 2.34. The van der Waals surface area contributed by atoms with Crippen molar-refractivity contribution in [3.8, 4) is 0 Å². The molecule has 0 aliphatic carbocycles. The van der Waals surface area contributed by atoms with Gasteiger partial charge in [-0.15, -0.1) is 0 Å². The average Bonchev–Trinajstić information content (AvgIpc) is 3.09. The van der Waals surface area contributed by atoms with E-state index < -0.39 is 0 Å². The molecule has 0 spiro atoms. The maximum Gasteiger partial charge on any atom is 0.261 e. The number of nitrogens with zero attached hydrogens (tertiary/aromatic N) is 2. The lowest BCUT2D eigenvalue weighted by Crippen LogP contribution is -2.30. The van der Waals surface area contributed by atoms with Crippen LogP contribution in [0.2, 0.25) is 5.02 Å². The molecule has 2 aromatic carbocycles. The van der Waals surface area contributed by atoms with E-state index in [0.29, 0.717) is 17.7 Å². The van der Waals surface area contributed by atoms with Gasteiger partial charge < -0.3 is 4.57 Å². The molecular formula is C20H17ClN2O2. The Morgan fingerprint density at radius 1 is 0.800 bits per heavy atom. The number of halogens is 1. The van der Waals surface area contributed by atoms with Crippen LogP contribution in [0.1, 0.15) is 33.6 Å². The van der Waals surface area contributed by atoms with Gasteiger partial charge in [-0.1, -0.05) is 41.9 Å². The van der Waals surface area contributed by atoms with Gasteiger partial charge in [-0.3, -0.25) is 14.5 Å². The van der Waals surface area contributed by atoms with Gasteiger partial charge in [-0.2, -0.15) is 0 Å². The molecule has 2 heterocycles. The Labute approximate surface area is 150 Å². The van der Waals surface area contributed by atoms with Crippen molar-refractivity contribution in [1.82, 2.24) is 9.47 Å². The fourth-order valence-electron chi connectivity index (χ4n) is 3.38. The van der Waals surface area contributed by atoms with Gasteiger partial charge >= 0.3 is 0 Å². The van der Waals surface area contributed by atoms with Crippen molar-refractivity contribution in [2.75, 3.05) is 6.54 Å². The minimum atomic E-state index is -0.185. The Balaban J connectivity index is 1.39. The molecule has 1 aromatic heterocycles. The van der Waals surface area contributed by atoms with Crippen molar-refractivity contribution in [3.05, 3.63) is 70.9 Å². The van der Waals surface area contributed by atoms with Gasteiger partial charge in [0, 0.05) is 30.2 Å². The number of rotatable bonds is 5. The summed E-state index contributed by atoms with van der Waals surface area (Å²) in [6.45, 7) is 1.25. The number of benzene rings is 2. The molecule has 0 fully saturated rings. The van der Waals surface area contributed by atoms with Gasteiger partial charge in [0.2, 0.25) is 0 Å². The molecule has 0 saturated carbocycles. The number of aryl methyl sites for hydroxylation is 1. The number of unbranched alkanes of at least 4 members (excludes halogenated alkanes) is 1. The van der Waals surface area contributed by atoms with Crippen LogP contribution in [0.4, 0.5) is 0 Å². The van der Waals surface area contributed by atoms with Crippen LogP contribution in [0.25, 0.3) is 10.9 Å². The Kier molecular flexibility index (Phi) is 4.06. The Bertz CT molecular complexity index is 942. The van der Waals surface area contributed by atoms with E-state index in [1.54, 1.807) is 24.3 Å². The predicted molar refractivity (Wildman–Crippen MR) is 98.0 cm³/mol. The second-order valence-electron chi connectivity index (χ2n) is 6.20. The van der Waals surface area contributed by atoms with Gasteiger partial charge in [0.05, 0.1) is 16.1 Å². The van der Waals surface area contributed by atoms with Crippen LogP contribution in [0.15, 0.2) is 54.7 Å². The first-order valence-corrected chi connectivity index (χ1v) is 8.73. The third kappa shape index (κ3) is 2.72. The van der Waals surface area contributed by atoms with Crippen LogP contribution in [0.3, 0.4) is 0 Å². The number of carbonyl (C=O) groups is 2. The summed E-state index contributed by atoms with van der Waals surface area (Å²) in [6, 6.07) is 15.0. The molecule has 0 atom stereocenters. The number of aromatic nitrogens is 1. The van der Waals surface area contributed by atoms with Crippen LogP contribution < -0.4 is 0 Å². The number of fused-ring (bicyclic) bond motifs is 2. The molecule has 5 heteroatoms. The summed E-state index contributed by atoms with van der Waals surface area (Å²) in [4.78, 5) is 26.0. The fraction of sp³-hybridized carbons (Fsp3) is 0.200. The monoisotopic (exact) mass is 352 g/mol. The summed E-state index contributed by atoms with van der Waals surface area (Å²) >= 11 is 6.27. The van der Waals surface area contributed by atoms with Crippen molar-refractivity contribution < 1.29 is 9.59 Å². The van der Waals surface area contributed by atoms with E-state index in [0.717, 1.165) is 35.3 Å². The van der Waals surface area contributed by atoms with E-state index in [-0.39, 0.29) is 11.8 Å². The number of carbonyl (C=O) groups excluding carboxylic acids is 2. The molecule has 0 saturated heterocycles. The molecule has 126 valence electrons. The molecule has 0 bridgehead atoms. The third-order valence-electron chi connectivity index (χ3n) is 4.65. The maximum atomic E-state index is 12.3. The summed E-state index contributed by atoms with van der Waals surface area (Å²) in [5.41, 5.74) is 2.12. The lowest BCUT2D eigenvalue weighted by atomic mass is 10.1. The van der Waals surface area contributed by atoms with E-state index in [4.69, 9.17) is 11.6 Å². The van der Waals surface area contributed by atoms with Gasteiger partial charge in [-0.05, 0) is 31.0 Å². The van der Waals surface area contributed by atoms with E-state index in [1.165, 1.54) is 4.90 Å². The topological polar surface area (TPSA) is 42.3 Å². The van der Waals surface area contributed by atoms with E-state index >= 15 is 0 Å². The standard InChI is InChI=1S/C20H17ClN2O2/c21-17-13-22(18-10-4-3-9-16(17)18)11-5-6-12-23-19(24)14-7-1-2-8-15(14)20(23)25/h1-4,7-10,13H,5-6,11-12H2. The molecule has 0 radical (unpaired) electrons. The molecule has 0 unspecified atom stereocenters. The highest BCUT2D eigenvalue weighted by Crippen LogP contribution is 2.26. The lowest BCUT2D eigenvalue weighted by molar-refractivity contribution is 0.0651. The second-order valence-corrected chi connectivity index (χ2v) is 6.61. The first kappa shape index (κ1) is 15.9. The summed E-state index contributed by atoms with van der Waals surface area (Å²) in [7, 11) is 0. The Morgan fingerprint density at radius 3 is 2.12 bits per heavy atom. The summed E-state index contributed by atoms with van der Waals surface area (Å²) in [5.74, 6) is -0.370. The number of para-hydroxylation sites is 1. The summed E-state index contributed by atoms with van der Waals surface area (Å²) < 4.78 is 2.13. The average molecular weight is 353 g/mol. The van der Waals surface area contributed by atoms with Gasteiger partial charge in [0.1, 0.15) is 0 Å². The van der Waals surface area contributed by atoms with Crippen LogP contribution in [0, 0.1) is 0 Å². The maximum absolute atomic E-state index is 12.3. The number of imide groups is 1. The molecule has 1 aliphatic rings. The predicted octanol–water partition coefficient (Wildman–Crippen LogP) is 4.37. The van der Waals surface area contributed by atoms with Gasteiger partial charge in [0.25, 0.3) is 11.8 Å². The van der Waals surface area contributed by atoms with E-state index in [2.05, 4.69) is 4.57 Å². The van der Waals surface area contributed by atoms with E-state index in [9.17, 15) is 9.59 Å². The van der Waals surface area contributed by atoms with Crippen LogP contribution in [0.5, 0.6) is 0 Å². The number of hydrogen-bond acceptors (Lipinski definition) is 2. The normalized spacial score (nSPS) is 13.7. The quantitative estimate of drug-likeness (QED) is 0.505. The molecule has 4 nitrogen and oxygen atoms in total. The molecule has 1 aliphatic heterocycles. The van der Waals surface area contributed by atoms with Crippen molar-refractivity contribution in [2.24, 2.45) is 0 Å². The SMILES string of the molecule is O=C1c2ccccc2C(=O)N1CCCCn1cc(Cl)c2ccccc21. The first-order chi connectivity index (χ1) is 12.2. The molecule has 25 heavy (non-hydrogen) atoms. The summed E-state index contributed by atoms with van der Waals surface area (Å²) in [5, 5.41) is 1.79. The number of hydrogen-bond donors (Lipinski definition) is 0. The minimum Gasteiger partial charge on any atom is -0.346 e. The second kappa shape index (κ2) is 6.37. The van der Waals surface area contributed by atoms with Crippen LogP contribution >= 0.6 is 11.6 Å². The molecule has 0 N–H and O–H groups in total. The van der Waals surface area contributed by atoms with Crippen molar-refractivity contribution >= 4 is 34.3 Å². The number of amides is 2. The molecule has 4 rings (SSSR count). The molecule has 2 amide bonds. The van der Waals surface area contributed by atoms with Gasteiger partial charge in [-0.25, -0.2) is 0 Å². The smallest absolute Gasteiger partial charge is 0.261 e. The molecule has 3 aromatic rings. The highest BCUT2D eigenvalue weighted by atomic mass is 35.5. The van der Waals surface area contributed by atoms with Crippen molar-refractivity contribution in [3.63, 3.8) is 0 Å². The van der Waals surface area contributed by atoms with Crippen LogP contribution in [-0.2, 0) is 6.54 Å². The Morgan fingerprint density at radius 2 is 1.40 bits per heavy atom. The minimum absolute atomic E-state index is 0.185. The summed E-state index contributed by atoms with van der Waals surface area (Å²) in [6.07, 6.45) is 3.56. The van der Waals surface area contributed by atoms with Crippen molar-refractivity contribution in [2.45, 2.75) is 19.4 Å². The largest absolute Gasteiger partial charge is 0.346 e. The fourth-order valence-corrected chi connectivity index (χ4v) is 3.66. The zero-order valence-corrected chi connectivity index (χ0v) is 14.4. The zero-order chi connectivity index (χ0) is 17.4. The van der Waals surface area contributed by atoms with Crippen LogP contribution in [-0.4, -0.2) is 27.8 Å². The Hall–Kier alpha value is -2.59. The molecular weight excluding hydrogens is 336 g/mol. The van der Waals surface area contributed by atoms with Crippen molar-refractivity contribution in [1.29, 1.82) is 0 Å². The zero-order valence-electron chi connectivity index (χ0n) is 13.6. The third-order valence-corrected chi connectivity index (χ3v) is 4.95. The van der Waals surface area contributed by atoms with Gasteiger partial charge in [0.15, 0.2) is 0 Å². The highest BCUT2D eigenvalue weighted by molar-refractivity contribution is 6.35. The first-order valence-electron chi connectivity index (χ1n) is 8.35.